The first-order valence-electron chi connectivity index (χ1n) is 7.28. The molecule has 98 valence electrons. The third-order valence-electron chi connectivity index (χ3n) is 4.83. The Bertz CT molecular complexity index is 585. The molecule has 2 aliphatic heterocycles. The average molecular weight is 252 g/mol. The zero-order valence-electron chi connectivity index (χ0n) is 11.4. The van der Waals surface area contributed by atoms with Crippen LogP contribution < -0.4 is 0 Å². The van der Waals surface area contributed by atoms with Gasteiger partial charge in [-0.2, -0.15) is 0 Å². The summed E-state index contributed by atoms with van der Waals surface area (Å²) in [6.07, 6.45) is 4.92. The van der Waals surface area contributed by atoms with E-state index in [9.17, 15) is 0 Å². The Hall–Kier alpha value is -1.54. The molecule has 4 rings (SSSR count). The number of hydrogen-bond acceptors (Lipinski definition) is 1. The van der Waals surface area contributed by atoms with Crippen molar-refractivity contribution in [3.63, 3.8) is 0 Å². The first-order chi connectivity index (χ1) is 9.34. The fourth-order valence-corrected chi connectivity index (χ4v) is 3.96. The van der Waals surface area contributed by atoms with Gasteiger partial charge in [0.25, 0.3) is 0 Å². The summed E-state index contributed by atoms with van der Waals surface area (Å²) in [6.45, 7) is 2.45. The molecule has 0 radical (unpaired) electrons. The summed E-state index contributed by atoms with van der Waals surface area (Å²) in [4.78, 5) is 2.68. The number of rotatable bonds is 1. The van der Waals surface area contributed by atoms with E-state index in [1.165, 1.54) is 37.2 Å². The lowest BCUT2D eigenvalue weighted by Gasteiger charge is -2.36. The van der Waals surface area contributed by atoms with Gasteiger partial charge in [-0.3, -0.25) is 4.90 Å². The van der Waals surface area contributed by atoms with Crippen molar-refractivity contribution >= 4 is 0 Å². The quantitative estimate of drug-likeness (QED) is 0.756. The molecule has 1 aromatic carbocycles. The van der Waals surface area contributed by atoms with Crippen molar-refractivity contribution in [2.24, 2.45) is 7.05 Å². The average Bonchev–Trinajstić information content (AvgIpc) is 3.05. The maximum absolute atomic E-state index is 2.68. The molecule has 2 nitrogen and oxygen atoms in total. The molecular formula is C17H20N2. The van der Waals surface area contributed by atoms with Crippen LogP contribution in [0.4, 0.5) is 0 Å². The zero-order valence-corrected chi connectivity index (χ0v) is 11.4. The first-order valence-corrected chi connectivity index (χ1v) is 7.28. The molecule has 2 atom stereocenters. The van der Waals surface area contributed by atoms with Crippen LogP contribution in [0.25, 0.3) is 0 Å². The third kappa shape index (κ3) is 1.67. The minimum absolute atomic E-state index is 0.533. The predicted molar refractivity (Wildman–Crippen MR) is 77.2 cm³/mol. The highest BCUT2D eigenvalue weighted by Crippen LogP contribution is 2.44. The van der Waals surface area contributed by atoms with Gasteiger partial charge in [-0.25, -0.2) is 0 Å². The number of fused-ring (bicyclic) bond motifs is 3. The summed E-state index contributed by atoms with van der Waals surface area (Å²) in [6, 6.07) is 14.0. The molecule has 19 heavy (non-hydrogen) atoms. The fraction of sp³-hybridized carbons (Fsp3) is 0.412. The molecule has 0 aliphatic carbocycles. The van der Waals surface area contributed by atoms with Gasteiger partial charge in [0.1, 0.15) is 0 Å². The lowest BCUT2D eigenvalue weighted by Crippen LogP contribution is -2.35. The van der Waals surface area contributed by atoms with Crippen LogP contribution in [0, 0.1) is 0 Å². The normalized spacial score (nSPS) is 26.2. The Kier molecular flexibility index (Phi) is 2.52. The Morgan fingerprint density at radius 3 is 2.79 bits per heavy atom. The van der Waals surface area contributed by atoms with Gasteiger partial charge in [-0.05, 0) is 36.6 Å². The van der Waals surface area contributed by atoms with Crippen LogP contribution >= 0.6 is 0 Å². The molecule has 0 amide bonds. The highest BCUT2D eigenvalue weighted by Gasteiger charge is 2.37. The highest BCUT2D eigenvalue weighted by atomic mass is 15.2. The van der Waals surface area contributed by atoms with Gasteiger partial charge >= 0.3 is 0 Å². The van der Waals surface area contributed by atoms with E-state index < -0.39 is 0 Å². The topological polar surface area (TPSA) is 8.17 Å². The summed E-state index contributed by atoms with van der Waals surface area (Å²) >= 11 is 0. The van der Waals surface area contributed by atoms with E-state index in [0.29, 0.717) is 12.0 Å². The second-order valence-electron chi connectivity index (χ2n) is 5.88. The molecule has 0 unspecified atom stereocenters. The van der Waals surface area contributed by atoms with Crippen LogP contribution in [0.15, 0.2) is 42.6 Å². The van der Waals surface area contributed by atoms with Crippen LogP contribution in [0.5, 0.6) is 0 Å². The van der Waals surface area contributed by atoms with Crippen molar-refractivity contribution in [1.82, 2.24) is 9.47 Å². The van der Waals surface area contributed by atoms with Gasteiger partial charge in [-0.15, -0.1) is 0 Å². The first kappa shape index (κ1) is 11.3. The second kappa shape index (κ2) is 4.24. The van der Waals surface area contributed by atoms with Crippen molar-refractivity contribution in [2.45, 2.75) is 24.8 Å². The number of benzene rings is 1. The molecule has 1 aromatic heterocycles. The van der Waals surface area contributed by atoms with Crippen molar-refractivity contribution < 1.29 is 0 Å². The molecule has 0 saturated carbocycles. The van der Waals surface area contributed by atoms with Gasteiger partial charge in [0.05, 0.1) is 0 Å². The number of nitrogens with zero attached hydrogens (tertiary/aromatic N) is 2. The van der Waals surface area contributed by atoms with Crippen molar-refractivity contribution in [3.8, 4) is 0 Å². The second-order valence-corrected chi connectivity index (χ2v) is 5.88. The molecule has 1 fully saturated rings. The Morgan fingerprint density at radius 1 is 1.11 bits per heavy atom. The van der Waals surface area contributed by atoms with Crippen LogP contribution in [0.3, 0.4) is 0 Å². The van der Waals surface area contributed by atoms with Crippen LogP contribution in [-0.2, 0) is 7.05 Å². The van der Waals surface area contributed by atoms with Gasteiger partial charge in [-0.1, -0.05) is 30.3 Å². The van der Waals surface area contributed by atoms with Crippen LogP contribution in [0.2, 0.25) is 0 Å². The van der Waals surface area contributed by atoms with Crippen molar-refractivity contribution in [2.75, 3.05) is 13.1 Å². The van der Waals surface area contributed by atoms with E-state index in [4.69, 9.17) is 0 Å². The summed E-state index contributed by atoms with van der Waals surface area (Å²) in [5, 5.41) is 0. The molecule has 3 heterocycles. The van der Waals surface area contributed by atoms with Gasteiger partial charge in [0.15, 0.2) is 0 Å². The van der Waals surface area contributed by atoms with E-state index in [1.54, 1.807) is 5.56 Å². The van der Waals surface area contributed by atoms with Gasteiger partial charge < -0.3 is 4.57 Å². The van der Waals surface area contributed by atoms with E-state index in [0.717, 1.165) is 0 Å². The van der Waals surface area contributed by atoms with E-state index >= 15 is 0 Å². The number of aryl methyl sites for hydroxylation is 1. The fourth-order valence-electron chi connectivity index (χ4n) is 3.96. The molecular weight excluding hydrogens is 232 g/mol. The summed E-state index contributed by atoms with van der Waals surface area (Å²) in [5.41, 5.74) is 4.56. The van der Waals surface area contributed by atoms with Crippen LogP contribution in [0.1, 0.15) is 41.6 Å². The molecule has 1 saturated heterocycles. The number of aromatic nitrogens is 1. The largest absolute Gasteiger partial charge is 0.354 e. The third-order valence-corrected chi connectivity index (χ3v) is 4.83. The summed E-state index contributed by atoms with van der Waals surface area (Å²) < 4.78 is 2.34. The monoisotopic (exact) mass is 252 g/mol. The highest BCUT2D eigenvalue weighted by molar-refractivity contribution is 5.40. The smallest absolute Gasteiger partial charge is 0.0373 e. The Balaban J connectivity index is 1.84. The lowest BCUT2D eigenvalue weighted by atomic mass is 9.86. The predicted octanol–water partition coefficient (Wildman–Crippen LogP) is 3.31. The SMILES string of the molecule is Cn1ccc2c1[C@H](c1ccccc1)CN1CCC[C@@H]21. The molecule has 0 N–H and O–H groups in total. The maximum atomic E-state index is 2.68. The Labute approximate surface area is 114 Å². The number of hydrogen-bond donors (Lipinski definition) is 0. The summed E-state index contributed by atoms with van der Waals surface area (Å²) in [5.74, 6) is 0.533. The minimum Gasteiger partial charge on any atom is -0.354 e. The standard InChI is InChI=1S/C17H20N2/c1-18-11-9-14-16-8-5-10-19(16)12-15(17(14)18)13-6-3-2-4-7-13/h2-4,6-7,9,11,15-16H,5,8,10,12H2,1H3/t15-,16-/m0/s1. The van der Waals surface area contributed by atoms with Gasteiger partial charge in [0.2, 0.25) is 0 Å². The maximum Gasteiger partial charge on any atom is 0.0373 e. The van der Waals surface area contributed by atoms with E-state index in [-0.39, 0.29) is 0 Å². The van der Waals surface area contributed by atoms with E-state index in [2.05, 4.69) is 59.1 Å². The van der Waals surface area contributed by atoms with Crippen molar-refractivity contribution in [3.05, 3.63) is 59.4 Å². The zero-order chi connectivity index (χ0) is 12.8. The van der Waals surface area contributed by atoms with Crippen molar-refractivity contribution in [1.29, 1.82) is 0 Å². The lowest BCUT2D eigenvalue weighted by molar-refractivity contribution is 0.227. The minimum atomic E-state index is 0.533. The summed E-state index contributed by atoms with van der Waals surface area (Å²) in [7, 11) is 2.19. The molecule has 2 aliphatic rings. The van der Waals surface area contributed by atoms with Gasteiger partial charge in [0, 0.05) is 37.4 Å². The van der Waals surface area contributed by atoms with Crippen LogP contribution in [-0.4, -0.2) is 22.6 Å². The molecule has 2 aromatic rings. The van der Waals surface area contributed by atoms with E-state index in [1.807, 2.05) is 0 Å². The Morgan fingerprint density at radius 2 is 1.95 bits per heavy atom. The molecule has 2 heteroatoms. The molecule has 0 bridgehead atoms. The molecule has 0 spiro atoms.